The monoisotopic (exact) mass is 425 g/mol. The lowest BCUT2D eigenvalue weighted by molar-refractivity contribution is -0.111. The van der Waals surface area contributed by atoms with Gasteiger partial charge in [0, 0.05) is 12.5 Å². The largest absolute Gasteiger partial charge is 0.493 e. The molecule has 1 N–H and O–H groups in total. The minimum absolute atomic E-state index is 0.214. The highest BCUT2D eigenvalue weighted by atomic mass is 32.1. The molecular weight excluding hydrogens is 406 g/mol. The first-order valence-electron chi connectivity index (χ1n) is 9.06. The van der Waals surface area contributed by atoms with Crippen LogP contribution in [0.1, 0.15) is 16.1 Å². The lowest BCUT2D eigenvalue weighted by atomic mass is 10.1. The number of benzene rings is 2. The van der Waals surface area contributed by atoms with Gasteiger partial charge in [0.25, 0.3) is 0 Å². The Labute approximate surface area is 177 Å². The second kappa shape index (κ2) is 8.83. The highest BCUT2D eigenvalue weighted by Gasteiger charge is 2.13. The fourth-order valence-corrected chi connectivity index (χ4v) is 3.65. The highest BCUT2D eigenvalue weighted by molar-refractivity contribution is 7.15. The first kappa shape index (κ1) is 19.7. The van der Waals surface area contributed by atoms with Crippen LogP contribution in [0.3, 0.4) is 0 Å². The molecule has 0 saturated heterocycles. The van der Waals surface area contributed by atoms with Crippen LogP contribution in [0, 0.1) is 0 Å². The molecule has 1 aromatic heterocycles. The molecule has 2 aromatic carbocycles. The van der Waals surface area contributed by atoms with Crippen molar-refractivity contribution in [1.82, 2.24) is 10.2 Å². The summed E-state index contributed by atoms with van der Waals surface area (Å²) in [6.07, 6.45) is 3.71. The Morgan fingerprint density at radius 2 is 1.93 bits per heavy atom. The normalized spacial score (nSPS) is 12.2. The van der Waals surface area contributed by atoms with Gasteiger partial charge in [-0.1, -0.05) is 23.5 Å². The number of aromatic nitrogens is 2. The molecule has 0 fully saturated rings. The van der Waals surface area contributed by atoms with Crippen LogP contribution in [-0.2, 0) is 11.2 Å². The standard InChI is InChI=1S/C21H19N3O5S/c1-26-15-6-4-14(10-17(15)27-2)11-20-23-24-21(30-20)22-19(25)8-5-13-3-7-16-18(9-13)29-12-28-16/h3-10H,11-12H2,1-2H3,(H,22,24,25). The molecule has 0 spiro atoms. The van der Waals surface area contributed by atoms with Crippen molar-refractivity contribution in [3.05, 3.63) is 58.6 Å². The molecule has 0 unspecified atom stereocenters. The number of rotatable bonds is 7. The van der Waals surface area contributed by atoms with Gasteiger partial charge in [-0.3, -0.25) is 10.1 Å². The van der Waals surface area contributed by atoms with E-state index >= 15 is 0 Å². The van der Waals surface area contributed by atoms with Gasteiger partial charge < -0.3 is 18.9 Å². The van der Waals surface area contributed by atoms with E-state index in [1.54, 1.807) is 20.3 Å². The minimum Gasteiger partial charge on any atom is -0.493 e. The Balaban J connectivity index is 1.36. The molecule has 0 aliphatic carbocycles. The summed E-state index contributed by atoms with van der Waals surface area (Å²) in [4.78, 5) is 12.2. The van der Waals surface area contributed by atoms with E-state index in [1.807, 2.05) is 36.4 Å². The van der Waals surface area contributed by atoms with Crippen LogP contribution in [0.15, 0.2) is 42.5 Å². The molecule has 8 nitrogen and oxygen atoms in total. The van der Waals surface area contributed by atoms with Gasteiger partial charge in [0.2, 0.25) is 17.8 Å². The molecule has 154 valence electrons. The van der Waals surface area contributed by atoms with Crippen molar-refractivity contribution in [3.63, 3.8) is 0 Å². The predicted molar refractivity (Wildman–Crippen MR) is 112 cm³/mol. The second-order valence-corrected chi connectivity index (χ2v) is 7.36. The van der Waals surface area contributed by atoms with Gasteiger partial charge in [0.15, 0.2) is 23.0 Å². The molecule has 0 radical (unpaired) electrons. The summed E-state index contributed by atoms with van der Waals surface area (Å²) >= 11 is 1.32. The van der Waals surface area contributed by atoms with Crippen LogP contribution in [0.25, 0.3) is 6.08 Å². The molecule has 1 aliphatic heterocycles. The van der Waals surface area contributed by atoms with Crippen molar-refractivity contribution < 1.29 is 23.7 Å². The first-order chi connectivity index (χ1) is 14.6. The number of hydrogen-bond acceptors (Lipinski definition) is 8. The van der Waals surface area contributed by atoms with Crippen molar-refractivity contribution in [1.29, 1.82) is 0 Å². The van der Waals surface area contributed by atoms with Crippen LogP contribution in [0.2, 0.25) is 0 Å². The summed E-state index contributed by atoms with van der Waals surface area (Å²) in [5.74, 6) is 2.40. The minimum atomic E-state index is -0.290. The Hall–Kier alpha value is -3.59. The summed E-state index contributed by atoms with van der Waals surface area (Å²) in [5.41, 5.74) is 1.84. The Bertz CT molecular complexity index is 1100. The number of carbonyl (C=O) groups is 1. The fraction of sp³-hybridized carbons (Fsp3) is 0.190. The summed E-state index contributed by atoms with van der Waals surface area (Å²) in [7, 11) is 3.19. The van der Waals surface area contributed by atoms with Gasteiger partial charge in [0.1, 0.15) is 5.01 Å². The van der Waals surface area contributed by atoms with Crippen LogP contribution < -0.4 is 24.3 Å². The molecule has 3 aromatic rings. The van der Waals surface area contributed by atoms with Crippen molar-refractivity contribution in [2.24, 2.45) is 0 Å². The van der Waals surface area contributed by atoms with Crippen molar-refractivity contribution >= 4 is 28.5 Å². The maximum Gasteiger partial charge on any atom is 0.250 e. The van der Waals surface area contributed by atoms with Crippen LogP contribution in [0.5, 0.6) is 23.0 Å². The molecule has 1 aliphatic rings. The van der Waals surface area contributed by atoms with Crippen molar-refractivity contribution in [2.45, 2.75) is 6.42 Å². The number of hydrogen-bond donors (Lipinski definition) is 1. The van der Waals surface area contributed by atoms with E-state index in [-0.39, 0.29) is 12.7 Å². The summed E-state index contributed by atoms with van der Waals surface area (Å²) in [6, 6.07) is 11.2. The topological polar surface area (TPSA) is 91.8 Å². The zero-order chi connectivity index (χ0) is 20.9. The Kier molecular flexibility index (Phi) is 5.80. The molecule has 9 heteroatoms. The van der Waals surface area contributed by atoms with Crippen molar-refractivity contribution in [2.75, 3.05) is 26.3 Å². The maximum atomic E-state index is 12.2. The van der Waals surface area contributed by atoms with Gasteiger partial charge in [-0.2, -0.15) is 0 Å². The Morgan fingerprint density at radius 3 is 2.77 bits per heavy atom. The molecule has 0 bridgehead atoms. The SMILES string of the molecule is COc1ccc(Cc2nnc(NC(=O)C=Cc3ccc4c(c3)OCO4)s2)cc1OC. The third-order valence-corrected chi connectivity index (χ3v) is 5.16. The van der Waals surface area contributed by atoms with Gasteiger partial charge in [-0.05, 0) is 41.5 Å². The number of ether oxygens (including phenoxy) is 4. The van der Waals surface area contributed by atoms with Crippen molar-refractivity contribution in [3.8, 4) is 23.0 Å². The molecule has 1 amide bonds. The zero-order valence-electron chi connectivity index (χ0n) is 16.4. The summed E-state index contributed by atoms with van der Waals surface area (Å²) in [5, 5.41) is 12.1. The predicted octanol–water partition coefficient (Wildman–Crippen LogP) is 3.53. The number of methoxy groups -OCH3 is 2. The molecule has 0 atom stereocenters. The number of carbonyl (C=O) groups excluding carboxylic acids is 1. The van der Waals surface area contributed by atoms with E-state index in [2.05, 4.69) is 15.5 Å². The van der Waals surface area contributed by atoms with Crippen LogP contribution >= 0.6 is 11.3 Å². The van der Waals surface area contributed by atoms with E-state index in [1.165, 1.54) is 17.4 Å². The second-order valence-electron chi connectivity index (χ2n) is 6.30. The third-order valence-electron chi connectivity index (χ3n) is 4.32. The first-order valence-corrected chi connectivity index (χ1v) is 9.88. The van der Waals surface area contributed by atoms with E-state index in [0.29, 0.717) is 34.6 Å². The van der Waals surface area contributed by atoms with Gasteiger partial charge in [-0.15, -0.1) is 10.2 Å². The van der Waals surface area contributed by atoms with E-state index < -0.39 is 0 Å². The summed E-state index contributed by atoms with van der Waals surface area (Å²) < 4.78 is 21.2. The lowest BCUT2D eigenvalue weighted by Gasteiger charge is -2.08. The van der Waals surface area contributed by atoms with E-state index in [0.717, 1.165) is 16.1 Å². The van der Waals surface area contributed by atoms with Gasteiger partial charge >= 0.3 is 0 Å². The smallest absolute Gasteiger partial charge is 0.250 e. The lowest BCUT2D eigenvalue weighted by Crippen LogP contribution is -2.07. The third kappa shape index (κ3) is 4.52. The van der Waals surface area contributed by atoms with E-state index in [4.69, 9.17) is 18.9 Å². The maximum absolute atomic E-state index is 12.2. The quantitative estimate of drug-likeness (QED) is 0.579. The number of anilines is 1. The average Bonchev–Trinajstić information content (AvgIpc) is 3.41. The van der Waals surface area contributed by atoms with Crippen LogP contribution in [0.4, 0.5) is 5.13 Å². The van der Waals surface area contributed by atoms with Gasteiger partial charge in [-0.25, -0.2) is 0 Å². The average molecular weight is 425 g/mol. The molecule has 4 rings (SSSR count). The number of nitrogens with zero attached hydrogens (tertiary/aromatic N) is 2. The number of nitrogens with one attached hydrogen (secondary N) is 1. The van der Waals surface area contributed by atoms with Crippen LogP contribution in [-0.4, -0.2) is 37.1 Å². The fourth-order valence-electron chi connectivity index (χ4n) is 2.88. The number of amides is 1. The molecular formula is C21H19N3O5S. The molecule has 30 heavy (non-hydrogen) atoms. The van der Waals surface area contributed by atoms with E-state index in [9.17, 15) is 4.79 Å². The zero-order valence-corrected chi connectivity index (χ0v) is 17.2. The van der Waals surface area contributed by atoms with Gasteiger partial charge in [0.05, 0.1) is 14.2 Å². The molecule has 0 saturated carbocycles. The molecule has 2 heterocycles. The highest BCUT2D eigenvalue weighted by Crippen LogP contribution is 2.33. The summed E-state index contributed by atoms with van der Waals surface area (Å²) in [6.45, 7) is 0.214. The Morgan fingerprint density at radius 1 is 1.10 bits per heavy atom. The number of fused-ring (bicyclic) bond motifs is 1.